The van der Waals surface area contributed by atoms with Crippen molar-refractivity contribution in [1.82, 2.24) is 19.9 Å². The van der Waals surface area contributed by atoms with Crippen LogP contribution in [0.5, 0.6) is 0 Å². The molecule has 39 heavy (non-hydrogen) atoms. The molecule has 0 aliphatic carbocycles. The highest BCUT2D eigenvalue weighted by Crippen LogP contribution is 2.44. The van der Waals surface area contributed by atoms with Crippen LogP contribution >= 0.6 is 12.2 Å². The molecule has 0 saturated carbocycles. The summed E-state index contributed by atoms with van der Waals surface area (Å²) in [6, 6.07) is 17.9. The minimum absolute atomic E-state index is 0.000605. The molecule has 1 aromatic carbocycles. The smallest absolute Gasteiger partial charge is 0.250 e. The Morgan fingerprint density at radius 1 is 1.08 bits per heavy atom. The van der Waals surface area contributed by atoms with Crippen molar-refractivity contribution in [3.8, 4) is 5.82 Å². The van der Waals surface area contributed by atoms with Gasteiger partial charge in [-0.25, -0.2) is 4.98 Å². The van der Waals surface area contributed by atoms with Crippen molar-refractivity contribution >= 4 is 34.6 Å². The Morgan fingerprint density at radius 2 is 1.90 bits per heavy atom. The van der Waals surface area contributed by atoms with E-state index in [-0.39, 0.29) is 24.6 Å². The van der Waals surface area contributed by atoms with E-state index in [4.69, 9.17) is 17.0 Å². The Hall–Kier alpha value is -4.08. The Bertz CT molecular complexity index is 1520. The van der Waals surface area contributed by atoms with Crippen molar-refractivity contribution in [1.29, 1.82) is 0 Å². The van der Waals surface area contributed by atoms with Gasteiger partial charge in [-0.15, -0.1) is 0 Å². The monoisotopic (exact) mass is 540 g/mol. The zero-order chi connectivity index (χ0) is 27.7. The minimum Gasteiger partial charge on any atom is -0.375 e. The predicted molar refractivity (Wildman–Crippen MR) is 157 cm³/mol. The molecule has 9 heteroatoms. The quantitative estimate of drug-likeness (QED) is 0.309. The molecule has 1 aliphatic heterocycles. The highest BCUT2D eigenvalue weighted by molar-refractivity contribution is 7.80. The fourth-order valence-electron chi connectivity index (χ4n) is 5.24. The fourth-order valence-corrected chi connectivity index (χ4v) is 5.58. The predicted octanol–water partition coefficient (Wildman–Crippen LogP) is 5.26. The van der Waals surface area contributed by atoms with Crippen molar-refractivity contribution in [2.75, 3.05) is 23.9 Å². The second-order valence-electron chi connectivity index (χ2n) is 9.83. The first-order valence-corrected chi connectivity index (χ1v) is 13.2. The van der Waals surface area contributed by atoms with Gasteiger partial charge < -0.3 is 24.8 Å². The third kappa shape index (κ3) is 5.15. The lowest BCUT2D eigenvalue weighted by Gasteiger charge is -2.29. The number of rotatable bonds is 7. The number of benzene rings is 1. The summed E-state index contributed by atoms with van der Waals surface area (Å²) in [5.74, 6) is 0.681. The van der Waals surface area contributed by atoms with Gasteiger partial charge in [-0.05, 0) is 99.1 Å². The van der Waals surface area contributed by atoms with Gasteiger partial charge in [0.15, 0.2) is 5.11 Å². The van der Waals surface area contributed by atoms with Crippen LogP contribution in [0.2, 0.25) is 0 Å². The molecule has 1 saturated heterocycles. The fraction of sp³-hybridized carbons (Fsp3) is 0.267. The summed E-state index contributed by atoms with van der Waals surface area (Å²) in [6.07, 6.45) is 3.69. The van der Waals surface area contributed by atoms with E-state index in [0.717, 1.165) is 51.0 Å². The zero-order valence-electron chi connectivity index (χ0n) is 22.7. The minimum atomic E-state index is -0.197. The maximum absolute atomic E-state index is 12.1. The number of carbonyl (C=O) groups excluding carboxylic acids is 1. The Kier molecular flexibility index (Phi) is 7.45. The van der Waals surface area contributed by atoms with Crippen molar-refractivity contribution in [2.45, 2.75) is 39.8 Å². The van der Waals surface area contributed by atoms with E-state index in [2.05, 4.69) is 56.0 Å². The van der Waals surface area contributed by atoms with Gasteiger partial charge in [-0.2, -0.15) is 0 Å². The van der Waals surface area contributed by atoms with Crippen molar-refractivity contribution in [2.24, 2.45) is 0 Å². The molecule has 1 fully saturated rings. The lowest BCUT2D eigenvalue weighted by molar-refractivity contribution is -0.119. The molecule has 2 N–H and O–H groups in total. The van der Waals surface area contributed by atoms with Crippen LogP contribution in [-0.4, -0.2) is 39.3 Å². The summed E-state index contributed by atoms with van der Waals surface area (Å²) >= 11 is 5.93. The number of thiocarbonyl (C=S) groups is 1. The molecule has 0 radical (unpaired) electrons. The summed E-state index contributed by atoms with van der Waals surface area (Å²) in [6.45, 7) is 8.23. The largest absolute Gasteiger partial charge is 0.375 e. The summed E-state index contributed by atoms with van der Waals surface area (Å²) in [5.41, 5.74) is 7.92. The van der Waals surface area contributed by atoms with Crippen LogP contribution in [0.1, 0.15) is 45.9 Å². The number of nitrogens with zero attached hydrogens (tertiary/aromatic N) is 4. The molecular formula is C30H32N6O2S. The number of hydrogen-bond donors (Lipinski definition) is 2. The molecule has 200 valence electrons. The number of pyridine rings is 2. The molecule has 0 spiro atoms. The lowest BCUT2D eigenvalue weighted by Crippen LogP contribution is -2.29. The van der Waals surface area contributed by atoms with Crippen LogP contribution in [0, 0.1) is 27.7 Å². The highest BCUT2D eigenvalue weighted by Gasteiger charge is 2.42. The van der Waals surface area contributed by atoms with E-state index in [1.165, 1.54) is 7.11 Å². The molecule has 0 bridgehead atoms. The summed E-state index contributed by atoms with van der Waals surface area (Å²) in [4.78, 5) is 23.6. The molecule has 4 aromatic rings. The van der Waals surface area contributed by atoms with Gasteiger partial charge in [0.25, 0.3) is 0 Å². The molecule has 2 atom stereocenters. The van der Waals surface area contributed by atoms with Crippen LogP contribution in [0.4, 0.5) is 11.4 Å². The molecular weight excluding hydrogens is 508 g/mol. The summed E-state index contributed by atoms with van der Waals surface area (Å²) in [7, 11) is 1.50. The van der Waals surface area contributed by atoms with Gasteiger partial charge in [0.05, 0.1) is 17.8 Å². The number of aromatic nitrogens is 3. The van der Waals surface area contributed by atoms with Crippen LogP contribution in [-0.2, 0) is 9.53 Å². The molecule has 4 heterocycles. The van der Waals surface area contributed by atoms with Gasteiger partial charge in [0.1, 0.15) is 12.4 Å². The Labute approximate surface area is 234 Å². The highest BCUT2D eigenvalue weighted by atomic mass is 32.1. The summed E-state index contributed by atoms with van der Waals surface area (Å²) in [5, 5.41) is 7.06. The van der Waals surface area contributed by atoms with E-state index in [1.807, 2.05) is 62.5 Å². The van der Waals surface area contributed by atoms with Crippen LogP contribution in [0.25, 0.3) is 5.82 Å². The number of hydrogen-bond acceptors (Lipinski definition) is 5. The van der Waals surface area contributed by atoms with Crippen LogP contribution < -0.4 is 15.5 Å². The molecule has 5 rings (SSSR count). The van der Waals surface area contributed by atoms with Crippen molar-refractivity contribution < 1.29 is 9.53 Å². The van der Waals surface area contributed by atoms with Gasteiger partial charge in [-0.3, -0.25) is 9.78 Å². The number of ether oxygens (including phenoxy) is 1. The lowest BCUT2D eigenvalue weighted by atomic mass is 9.96. The maximum Gasteiger partial charge on any atom is 0.250 e. The van der Waals surface area contributed by atoms with E-state index in [0.29, 0.717) is 5.11 Å². The number of nitrogens with one attached hydrogen (secondary N) is 2. The average molecular weight is 541 g/mol. The summed E-state index contributed by atoms with van der Waals surface area (Å²) < 4.78 is 7.14. The zero-order valence-corrected chi connectivity index (χ0v) is 23.5. The number of amides is 1. The molecule has 0 unspecified atom stereocenters. The Balaban J connectivity index is 1.60. The topological polar surface area (TPSA) is 84.3 Å². The standard InChI is InChI=1S/C30H32N6O2S/c1-18-9-12-26(32-16-18)35-20(3)15-23(21(35)4)29-28(25-8-6-7-13-31-25)34-30(39)36(29)22-10-11-24(19(2)14-22)33-27(37)17-38-5/h6-16,28-29H,17H2,1-5H3,(H,33,37)(H,34,39)/t28-,29+/m0/s1. The third-order valence-corrected chi connectivity index (χ3v) is 7.36. The second kappa shape index (κ2) is 11.0. The second-order valence-corrected chi connectivity index (χ2v) is 10.2. The molecule has 8 nitrogen and oxygen atoms in total. The van der Waals surface area contributed by atoms with Gasteiger partial charge in [0.2, 0.25) is 5.91 Å². The maximum atomic E-state index is 12.1. The first-order chi connectivity index (χ1) is 18.8. The number of aryl methyl sites for hydroxylation is 3. The SMILES string of the molecule is COCC(=O)Nc1ccc(N2C(=S)N[C@@H](c3ccccn3)[C@H]2c2cc(C)n(-c3ccc(C)cn3)c2C)cc1C. The number of anilines is 2. The first kappa shape index (κ1) is 26.5. The van der Waals surface area contributed by atoms with Crippen molar-refractivity contribution in [3.63, 3.8) is 0 Å². The Morgan fingerprint density at radius 3 is 2.56 bits per heavy atom. The van der Waals surface area contributed by atoms with E-state index < -0.39 is 0 Å². The number of methoxy groups -OCH3 is 1. The first-order valence-electron chi connectivity index (χ1n) is 12.8. The normalized spacial score (nSPS) is 16.8. The van der Waals surface area contributed by atoms with E-state index >= 15 is 0 Å². The van der Waals surface area contributed by atoms with Crippen LogP contribution in [0.15, 0.2) is 67.0 Å². The third-order valence-electron chi connectivity index (χ3n) is 7.05. The van der Waals surface area contributed by atoms with Gasteiger partial charge in [0, 0.05) is 42.3 Å². The molecule has 1 amide bonds. The van der Waals surface area contributed by atoms with Crippen molar-refractivity contribution in [3.05, 3.63) is 101 Å². The van der Waals surface area contributed by atoms with Gasteiger partial charge in [-0.1, -0.05) is 12.1 Å². The van der Waals surface area contributed by atoms with E-state index in [9.17, 15) is 4.79 Å². The van der Waals surface area contributed by atoms with Crippen LogP contribution in [0.3, 0.4) is 0 Å². The molecule has 3 aromatic heterocycles. The van der Waals surface area contributed by atoms with Gasteiger partial charge >= 0.3 is 0 Å². The number of carbonyl (C=O) groups is 1. The average Bonchev–Trinajstić information content (AvgIpc) is 3.41. The molecule has 1 aliphatic rings. The van der Waals surface area contributed by atoms with E-state index in [1.54, 1.807) is 6.20 Å².